The predicted octanol–water partition coefficient (Wildman–Crippen LogP) is 3.23. The van der Waals surface area contributed by atoms with Crippen LogP contribution in [-0.4, -0.2) is 55.3 Å². The van der Waals surface area contributed by atoms with Crippen LogP contribution in [0.25, 0.3) is 0 Å². The second-order valence-electron chi connectivity index (χ2n) is 7.79. The Bertz CT molecular complexity index is 631. The number of hydrogen-bond donors (Lipinski definition) is 1. The van der Waals surface area contributed by atoms with Gasteiger partial charge in [0.1, 0.15) is 23.7 Å². The van der Waals surface area contributed by atoms with Crippen molar-refractivity contribution in [2.75, 3.05) is 32.8 Å². The minimum atomic E-state index is -0.505. The van der Waals surface area contributed by atoms with Crippen LogP contribution in [0.2, 0.25) is 0 Å². The standard InChI is InChI=1S/C21H32N2O5/c1-5-26-17-6-8-18(9-7-17)27-15-12-22-19(24)16-10-13-23(14-11-16)20(25)28-21(2,3)4/h6-9,16H,5,10-15H2,1-4H3,(H,22,24). The summed E-state index contributed by atoms with van der Waals surface area (Å²) in [7, 11) is 0. The Balaban J connectivity index is 1.64. The van der Waals surface area contributed by atoms with Gasteiger partial charge in [0.05, 0.1) is 13.2 Å². The van der Waals surface area contributed by atoms with Gasteiger partial charge in [0.15, 0.2) is 0 Å². The lowest BCUT2D eigenvalue weighted by molar-refractivity contribution is -0.126. The van der Waals surface area contributed by atoms with E-state index in [-0.39, 0.29) is 17.9 Å². The van der Waals surface area contributed by atoms with Crippen LogP contribution in [-0.2, 0) is 9.53 Å². The third-order valence-corrected chi connectivity index (χ3v) is 4.32. The third kappa shape index (κ3) is 7.29. The monoisotopic (exact) mass is 392 g/mol. The van der Waals surface area contributed by atoms with Crippen LogP contribution >= 0.6 is 0 Å². The van der Waals surface area contributed by atoms with Crippen LogP contribution in [0.15, 0.2) is 24.3 Å². The molecule has 0 bridgehead atoms. The van der Waals surface area contributed by atoms with Crippen LogP contribution in [0, 0.1) is 5.92 Å². The van der Waals surface area contributed by atoms with Crippen molar-refractivity contribution < 1.29 is 23.8 Å². The van der Waals surface area contributed by atoms with Crippen molar-refractivity contribution >= 4 is 12.0 Å². The Kier molecular flexibility index (Phi) is 7.96. The van der Waals surface area contributed by atoms with E-state index in [9.17, 15) is 9.59 Å². The molecule has 1 fully saturated rings. The molecule has 0 aliphatic carbocycles. The molecule has 2 amide bonds. The Labute approximate surface area is 167 Å². The fraction of sp³-hybridized carbons (Fsp3) is 0.619. The van der Waals surface area contributed by atoms with Gasteiger partial charge in [-0.05, 0) is 64.8 Å². The summed E-state index contributed by atoms with van der Waals surface area (Å²) in [5.74, 6) is 1.48. The number of ether oxygens (including phenoxy) is 3. The normalized spacial score (nSPS) is 15.1. The quantitative estimate of drug-likeness (QED) is 0.721. The number of nitrogens with zero attached hydrogens (tertiary/aromatic N) is 1. The van der Waals surface area contributed by atoms with E-state index in [4.69, 9.17) is 14.2 Å². The zero-order valence-electron chi connectivity index (χ0n) is 17.3. The van der Waals surface area contributed by atoms with Crippen molar-refractivity contribution in [3.8, 4) is 11.5 Å². The lowest BCUT2D eigenvalue weighted by Gasteiger charge is -2.32. The molecule has 7 heteroatoms. The minimum Gasteiger partial charge on any atom is -0.494 e. The molecule has 156 valence electrons. The van der Waals surface area contributed by atoms with Crippen LogP contribution in [0.3, 0.4) is 0 Å². The van der Waals surface area contributed by atoms with E-state index in [1.54, 1.807) is 4.90 Å². The maximum Gasteiger partial charge on any atom is 0.410 e. The first-order chi connectivity index (χ1) is 13.3. The van der Waals surface area contributed by atoms with Gasteiger partial charge in [-0.3, -0.25) is 4.79 Å². The molecular formula is C21H32N2O5. The van der Waals surface area contributed by atoms with E-state index in [1.165, 1.54) is 0 Å². The minimum absolute atomic E-state index is 0.0131. The Morgan fingerprint density at radius 3 is 2.18 bits per heavy atom. The summed E-state index contributed by atoms with van der Waals surface area (Å²) in [5, 5.41) is 2.91. The second-order valence-corrected chi connectivity index (χ2v) is 7.79. The molecule has 28 heavy (non-hydrogen) atoms. The van der Waals surface area contributed by atoms with Gasteiger partial charge >= 0.3 is 6.09 Å². The van der Waals surface area contributed by atoms with Crippen LogP contribution in [0.5, 0.6) is 11.5 Å². The molecule has 0 radical (unpaired) electrons. The summed E-state index contributed by atoms with van der Waals surface area (Å²) < 4.78 is 16.4. The molecule has 0 spiro atoms. The maximum absolute atomic E-state index is 12.3. The number of hydrogen-bond acceptors (Lipinski definition) is 5. The molecule has 0 unspecified atom stereocenters. The van der Waals surface area contributed by atoms with E-state index in [0.717, 1.165) is 11.5 Å². The summed E-state index contributed by atoms with van der Waals surface area (Å²) in [5.41, 5.74) is -0.505. The van der Waals surface area contributed by atoms with Gasteiger partial charge < -0.3 is 24.4 Å². The van der Waals surface area contributed by atoms with Crippen molar-refractivity contribution in [1.82, 2.24) is 10.2 Å². The average molecular weight is 392 g/mol. The summed E-state index contributed by atoms with van der Waals surface area (Å²) >= 11 is 0. The van der Waals surface area contributed by atoms with Crippen LogP contribution < -0.4 is 14.8 Å². The third-order valence-electron chi connectivity index (χ3n) is 4.32. The summed E-state index contributed by atoms with van der Waals surface area (Å²) in [6.45, 7) is 10.0. The highest BCUT2D eigenvalue weighted by molar-refractivity contribution is 5.79. The van der Waals surface area contributed by atoms with E-state index in [0.29, 0.717) is 45.7 Å². The fourth-order valence-electron chi connectivity index (χ4n) is 2.94. The SMILES string of the molecule is CCOc1ccc(OCCNC(=O)C2CCN(C(=O)OC(C)(C)C)CC2)cc1. The van der Waals surface area contributed by atoms with Crippen molar-refractivity contribution in [1.29, 1.82) is 0 Å². The van der Waals surface area contributed by atoms with E-state index < -0.39 is 5.60 Å². The van der Waals surface area contributed by atoms with Gasteiger partial charge in [-0.2, -0.15) is 0 Å². The highest BCUT2D eigenvalue weighted by Crippen LogP contribution is 2.20. The zero-order chi connectivity index (χ0) is 20.6. The first-order valence-electron chi connectivity index (χ1n) is 9.90. The first kappa shape index (κ1) is 21.9. The Morgan fingerprint density at radius 2 is 1.64 bits per heavy atom. The van der Waals surface area contributed by atoms with E-state index >= 15 is 0 Å². The number of nitrogens with one attached hydrogen (secondary N) is 1. The zero-order valence-corrected chi connectivity index (χ0v) is 17.3. The lowest BCUT2D eigenvalue weighted by Crippen LogP contribution is -2.45. The molecule has 1 saturated heterocycles. The van der Waals surface area contributed by atoms with Crippen molar-refractivity contribution in [3.05, 3.63) is 24.3 Å². The van der Waals surface area contributed by atoms with Gasteiger partial charge in [-0.15, -0.1) is 0 Å². The molecule has 1 N–H and O–H groups in total. The van der Waals surface area contributed by atoms with Gasteiger partial charge in [-0.1, -0.05) is 0 Å². The molecule has 1 heterocycles. The smallest absolute Gasteiger partial charge is 0.410 e. The topological polar surface area (TPSA) is 77.1 Å². The van der Waals surface area contributed by atoms with Gasteiger partial charge in [0.2, 0.25) is 5.91 Å². The predicted molar refractivity (Wildman–Crippen MR) is 107 cm³/mol. The molecule has 7 nitrogen and oxygen atoms in total. The number of piperidine rings is 1. The van der Waals surface area contributed by atoms with Crippen molar-refractivity contribution in [2.45, 2.75) is 46.1 Å². The number of carbonyl (C=O) groups is 2. The van der Waals surface area contributed by atoms with E-state index in [1.807, 2.05) is 52.0 Å². The Hall–Kier alpha value is -2.44. The second kappa shape index (κ2) is 10.2. The number of amides is 2. The highest BCUT2D eigenvalue weighted by atomic mass is 16.6. The summed E-state index contributed by atoms with van der Waals surface area (Å²) in [6, 6.07) is 7.41. The number of likely N-dealkylation sites (tertiary alicyclic amines) is 1. The van der Waals surface area contributed by atoms with Crippen LogP contribution in [0.1, 0.15) is 40.5 Å². The number of carbonyl (C=O) groups excluding carboxylic acids is 2. The molecule has 1 aromatic carbocycles. The van der Waals surface area contributed by atoms with Gasteiger partial charge in [-0.25, -0.2) is 4.79 Å². The summed E-state index contributed by atoms with van der Waals surface area (Å²) in [6.07, 6.45) is 0.977. The molecule has 1 aliphatic rings. The molecule has 0 atom stereocenters. The first-order valence-corrected chi connectivity index (χ1v) is 9.90. The molecule has 0 aromatic heterocycles. The molecule has 2 rings (SSSR count). The highest BCUT2D eigenvalue weighted by Gasteiger charge is 2.29. The van der Waals surface area contributed by atoms with Crippen LogP contribution in [0.4, 0.5) is 4.79 Å². The largest absolute Gasteiger partial charge is 0.494 e. The average Bonchev–Trinajstić information content (AvgIpc) is 2.65. The fourth-order valence-corrected chi connectivity index (χ4v) is 2.94. The summed E-state index contributed by atoms with van der Waals surface area (Å²) in [4.78, 5) is 26.1. The lowest BCUT2D eigenvalue weighted by atomic mass is 9.96. The van der Waals surface area contributed by atoms with E-state index in [2.05, 4.69) is 5.32 Å². The van der Waals surface area contributed by atoms with Gasteiger partial charge in [0, 0.05) is 19.0 Å². The van der Waals surface area contributed by atoms with Crippen molar-refractivity contribution in [3.63, 3.8) is 0 Å². The Morgan fingerprint density at radius 1 is 1.07 bits per heavy atom. The molecule has 1 aromatic rings. The van der Waals surface area contributed by atoms with Crippen molar-refractivity contribution in [2.24, 2.45) is 5.92 Å². The maximum atomic E-state index is 12.3. The number of rotatable bonds is 7. The van der Waals surface area contributed by atoms with Gasteiger partial charge in [0.25, 0.3) is 0 Å². The molecular weight excluding hydrogens is 360 g/mol. The molecule has 0 saturated carbocycles. The number of benzene rings is 1. The molecule has 1 aliphatic heterocycles.